The van der Waals surface area contributed by atoms with E-state index in [1.165, 1.54) is 154 Å². The molecule has 1 nitrogen and oxygen atoms in total. The minimum absolute atomic E-state index is 0.524. The summed E-state index contributed by atoms with van der Waals surface area (Å²) in [5, 5.41) is 0. The van der Waals surface area contributed by atoms with Crippen LogP contribution in [0.25, 0.3) is 0 Å². The first-order chi connectivity index (χ1) is 15.8. The lowest BCUT2D eigenvalue weighted by molar-refractivity contribution is -0.119. The summed E-state index contributed by atoms with van der Waals surface area (Å²) < 4.78 is 0. The second-order valence-electron chi connectivity index (χ2n) is 10.5. The van der Waals surface area contributed by atoms with E-state index >= 15 is 0 Å². The van der Waals surface area contributed by atoms with E-state index in [9.17, 15) is 4.79 Å². The van der Waals surface area contributed by atoms with Crippen LogP contribution in [0.5, 0.6) is 0 Å². The summed E-state index contributed by atoms with van der Waals surface area (Å²) in [5.74, 6) is 0.524. The van der Waals surface area contributed by atoms with Crippen LogP contribution in [-0.4, -0.2) is 5.78 Å². The van der Waals surface area contributed by atoms with Gasteiger partial charge < -0.3 is 0 Å². The molecule has 0 aliphatic rings. The van der Waals surface area contributed by atoms with Crippen molar-refractivity contribution in [1.29, 1.82) is 0 Å². The number of carbonyl (C=O) groups is 1. The molecular weight excluding hydrogens is 388 g/mol. The topological polar surface area (TPSA) is 17.1 Å². The molecule has 0 unspecified atom stereocenters. The maximum atomic E-state index is 12.0. The van der Waals surface area contributed by atoms with E-state index < -0.39 is 0 Å². The van der Waals surface area contributed by atoms with Crippen molar-refractivity contribution in [2.45, 2.75) is 194 Å². The second kappa shape index (κ2) is 28.7. The number of rotatable bonds is 28. The highest BCUT2D eigenvalue weighted by Gasteiger charge is 2.02. The zero-order valence-corrected chi connectivity index (χ0v) is 22.7. The second-order valence-corrected chi connectivity index (χ2v) is 10.5. The monoisotopic (exact) mass is 450 g/mol. The predicted octanol–water partition coefficient (Wildman–Crippen LogP) is 11.5. The molecule has 0 aromatic rings. The fraction of sp³-hybridized carbons (Fsp3) is 0.968. The van der Waals surface area contributed by atoms with Crippen molar-refractivity contribution in [1.82, 2.24) is 0 Å². The largest absolute Gasteiger partial charge is 0.300 e. The van der Waals surface area contributed by atoms with Gasteiger partial charge in [-0.15, -0.1) is 0 Å². The number of ketones is 1. The molecule has 0 fully saturated rings. The van der Waals surface area contributed by atoms with Gasteiger partial charge in [0.2, 0.25) is 0 Å². The summed E-state index contributed by atoms with van der Waals surface area (Å²) in [4.78, 5) is 12.0. The smallest absolute Gasteiger partial charge is 0.132 e. The molecule has 0 aliphatic carbocycles. The van der Waals surface area contributed by atoms with Crippen molar-refractivity contribution >= 4 is 5.78 Å². The van der Waals surface area contributed by atoms with E-state index in [1.807, 2.05) is 0 Å². The van der Waals surface area contributed by atoms with Crippen LogP contribution in [0, 0.1) is 0 Å². The van der Waals surface area contributed by atoms with E-state index in [2.05, 4.69) is 13.8 Å². The molecule has 0 aromatic carbocycles. The molecule has 0 aromatic heterocycles. The lowest BCUT2D eigenvalue weighted by Gasteiger charge is -2.04. The number of unbranched alkanes of at least 4 members (excludes halogenated alkanes) is 24. The minimum atomic E-state index is 0.524. The van der Waals surface area contributed by atoms with Gasteiger partial charge in [-0.25, -0.2) is 0 Å². The van der Waals surface area contributed by atoms with Crippen molar-refractivity contribution in [3.63, 3.8) is 0 Å². The van der Waals surface area contributed by atoms with Gasteiger partial charge in [-0.3, -0.25) is 4.79 Å². The summed E-state index contributed by atoms with van der Waals surface area (Å²) in [5.41, 5.74) is 0. The molecule has 0 N–H and O–H groups in total. The van der Waals surface area contributed by atoms with Gasteiger partial charge in [0.05, 0.1) is 0 Å². The van der Waals surface area contributed by atoms with Crippen LogP contribution < -0.4 is 0 Å². The van der Waals surface area contributed by atoms with E-state index in [0.29, 0.717) is 5.78 Å². The Kier molecular flexibility index (Phi) is 28.4. The third kappa shape index (κ3) is 27.7. The molecule has 192 valence electrons. The van der Waals surface area contributed by atoms with Crippen LogP contribution in [-0.2, 0) is 4.79 Å². The van der Waals surface area contributed by atoms with Crippen LogP contribution in [0.1, 0.15) is 194 Å². The average molecular weight is 451 g/mol. The molecule has 0 rings (SSSR count). The van der Waals surface area contributed by atoms with Crippen molar-refractivity contribution in [3.8, 4) is 0 Å². The fourth-order valence-corrected chi connectivity index (χ4v) is 4.80. The van der Waals surface area contributed by atoms with Crippen molar-refractivity contribution in [2.75, 3.05) is 0 Å². The number of carbonyl (C=O) groups excluding carboxylic acids is 1. The molecule has 0 saturated carbocycles. The number of Topliss-reactive ketones (excluding diaryl/α,β-unsaturated/α-hetero) is 1. The Hall–Kier alpha value is -0.330. The van der Waals surface area contributed by atoms with Crippen LogP contribution in [0.2, 0.25) is 0 Å². The van der Waals surface area contributed by atoms with Gasteiger partial charge in [0.15, 0.2) is 0 Å². The number of hydrogen-bond acceptors (Lipinski definition) is 1. The van der Waals surface area contributed by atoms with Gasteiger partial charge in [0.1, 0.15) is 5.78 Å². The number of hydrogen-bond donors (Lipinski definition) is 0. The van der Waals surface area contributed by atoms with E-state index in [-0.39, 0.29) is 0 Å². The maximum absolute atomic E-state index is 12.0. The zero-order chi connectivity index (χ0) is 23.4. The Morgan fingerprint density at radius 1 is 0.312 bits per heavy atom. The third-order valence-corrected chi connectivity index (χ3v) is 7.12. The van der Waals surface area contributed by atoms with Gasteiger partial charge in [-0.1, -0.05) is 168 Å². The summed E-state index contributed by atoms with van der Waals surface area (Å²) in [6.07, 6.45) is 37.5. The lowest BCUT2D eigenvalue weighted by Crippen LogP contribution is -1.97. The van der Waals surface area contributed by atoms with Crippen molar-refractivity contribution in [2.24, 2.45) is 0 Å². The summed E-state index contributed by atoms with van der Waals surface area (Å²) in [6.45, 7) is 4.58. The Balaban J connectivity index is 3.14. The van der Waals surface area contributed by atoms with E-state index in [4.69, 9.17) is 0 Å². The SMILES string of the molecule is CCCCCCCCCCCCCCCC(=O)CCCCCCCCCCCCCCC. The third-order valence-electron chi connectivity index (χ3n) is 7.12. The molecule has 0 spiro atoms. The normalized spacial score (nSPS) is 11.3. The highest BCUT2D eigenvalue weighted by atomic mass is 16.1. The predicted molar refractivity (Wildman–Crippen MR) is 146 cm³/mol. The molecule has 0 aliphatic heterocycles. The van der Waals surface area contributed by atoms with Crippen LogP contribution in [0.3, 0.4) is 0 Å². The first-order valence-electron chi connectivity index (χ1n) is 15.3. The van der Waals surface area contributed by atoms with Crippen LogP contribution >= 0.6 is 0 Å². The van der Waals surface area contributed by atoms with Crippen LogP contribution in [0.15, 0.2) is 0 Å². The summed E-state index contributed by atoms with van der Waals surface area (Å²) >= 11 is 0. The molecule has 0 bridgehead atoms. The van der Waals surface area contributed by atoms with E-state index in [0.717, 1.165) is 25.7 Å². The zero-order valence-electron chi connectivity index (χ0n) is 22.7. The first-order valence-corrected chi connectivity index (χ1v) is 15.3. The minimum Gasteiger partial charge on any atom is -0.300 e. The van der Waals surface area contributed by atoms with Crippen molar-refractivity contribution in [3.05, 3.63) is 0 Å². The Labute approximate surface area is 204 Å². The van der Waals surface area contributed by atoms with Gasteiger partial charge in [0.25, 0.3) is 0 Å². The van der Waals surface area contributed by atoms with E-state index in [1.54, 1.807) is 0 Å². The Morgan fingerprint density at radius 2 is 0.500 bits per heavy atom. The fourth-order valence-electron chi connectivity index (χ4n) is 4.80. The Bertz CT molecular complexity index is 316. The molecule has 32 heavy (non-hydrogen) atoms. The average Bonchev–Trinajstić information content (AvgIpc) is 2.80. The molecular formula is C31H62O. The summed E-state index contributed by atoms with van der Waals surface area (Å²) in [6, 6.07) is 0. The molecule has 0 radical (unpaired) electrons. The molecule has 0 amide bonds. The van der Waals surface area contributed by atoms with Crippen molar-refractivity contribution < 1.29 is 4.79 Å². The van der Waals surface area contributed by atoms with Gasteiger partial charge in [-0.2, -0.15) is 0 Å². The van der Waals surface area contributed by atoms with Gasteiger partial charge in [0, 0.05) is 12.8 Å². The Morgan fingerprint density at radius 3 is 0.719 bits per heavy atom. The molecule has 1 heteroatoms. The molecule has 0 saturated heterocycles. The highest BCUT2D eigenvalue weighted by molar-refractivity contribution is 5.78. The first kappa shape index (κ1) is 31.7. The van der Waals surface area contributed by atoms with Gasteiger partial charge >= 0.3 is 0 Å². The summed E-state index contributed by atoms with van der Waals surface area (Å²) in [7, 11) is 0. The standard InChI is InChI=1S/C31H62O/c1-3-5-7-9-11-13-15-17-19-21-23-25-27-29-31(32)30-28-26-24-22-20-18-16-14-12-10-8-6-4-2/h3-30H2,1-2H3. The lowest BCUT2D eigenvalue weighted by atomic mass is 10.0. The maximum Gasteiger partial charge on any atom is 0.132 e. The quantitative estimate of drug-likeness (QED) is 0.108. The van der Waals surface area contributed by atoms with Crippen LogP contribution in [0.4, 0.5) is 0 Å². The highest BCUT2D eigenvalue weighted by Crippen LogP contribution is 2.15. The molecule has 0 heterocycles. The van der Waals surface area contributed by atoms with Gasteiger partial charge in [-0.05, 0) is 12.8 Å². The molecule has 0 atom stereocenters.